The molecule has 0 radical (unpaired) electrons. The Morgan fingerprint density at radius 1 is 1.00 bits per heavy atom. The van der Waals surface area contributed by atoms with E-state index in [4.69, 9.17) is 18.9 Å². The second-order valence-electron chi connectivity index (χ2n) is 5.22. The van der Waals surface area contributed by atoms with E-state index < -0.39 is 0 Å². The van der Waals surface area contributed by atoms with Crippen molar-refractivity contribution < 1.29 is 23.7 Å². The van der Waals surface area contributed by atoms with Gasteiger partial charge in [-0.3, -0.25) is 9.78 Å². The number of rotatable bonds is 9. The van der Waals surface area contributed by atoms with E-state index >= 15 is 0 Å². The molecule has 0 spiro atoms. The fraction of sp³-hybridized carbons (Fsp3) is 0.333. The van der Waals surface area contributed by atoms with Crippen molar-refractivity contribution in [3.8, 4) is 17.2 Å². The van der Waals surface area contributed by atoms with Gasteiger partial charge in [0.25, 0.3) is 5.91 Å². The fourth-order valence-electron chi connectivity index (χ4n) is 2.31. The summed E-state index contributed by atoms with van der Waals surface area (Å²) < 4.78 is 20.9. The van der Waals surface area contributed by atoms with Crippen molar-refractivity contribution >= 4 is 17.3 Å². The van der Waals surface area contributed by atoms with E-state index in [2.05, 4.69) is 15.6 Å². The van der Waals surface area contributed by atoms with Gasteiger partial charge in [0, 0.05) is 43.4 Å². The van der Waals surface area contributed by atoms with Gasteiger partial charge in [0.05, 0.1) is 27.9 Å². The minimum absolute atomic E-state index is 0.268. The van der Waals surface area contributed by atoms with Crippen molar-refractivity contribution in [1.29, 1.82) is 0 Å². The van der Waals surface area contributed by atoms with Crippen LogP contribution in [-0.2, 0) is 4.74 Å². The summed E-state index contributed by atoms with van der Waals surface area (Å²) in [5.41, 5.74) is 1.72. The number of ether oxygens (including phenoxy) is 4. The Labute approximate surface area is 152 Å². The molecule has 26 heavy (non-hydrogen) atoms. The molecule has 0 atom stereocenters. The predicted octanol–water partition coefficient (Wildman–Crippen LogP) is 2.23. The highest BCUT2D eigenvalue weighted by atomic mass is 16.5. The molecule has 1 heterocycles. The number of methoxy groups -OCH3 is 4. The van der Waals surface area contributed by atoms with E-state index in [9.17, 15) is 4.79 Å². The van der Waals surface area contributed by atoms with E-state index in [0.29, 0.717) is 41.8 Å². The maximum absolute atomic E-state index is 12.1. The lowest BCUT2D eigenvalue weighted by atomic mass is 10.2. The number of pyridine rings is 1. The van der Waals surface area contributed by atoms with Crippen LogP contribution in [0.3, 0.4) is 0 Å². The highest BCUT2D eigenvalue weighted by Gasteiger charge is 2.14. The molecule has 140 valence electrons. The third kappa shape index (κ3) is 4.76. The van der Waals surface area contributed by atoms with Crippen LogP contribution in [0.5, 0.6) is 17.2 Å². The van der Waals surface area contributed by atoms with Crippen molar-refractivity contribution in [3.63, 3.8) is 0 Å². The first-order valence-corrected chi connectivity index (χ1v) is 7.93. The van der Waals surface area contributed by atoms with E-state index in [1.165, 1.54) is 0 Å². The largest absolute Gasteiger partial charge is 0.493 e. The molecule has 2 aromatic rings. The Hall–Kier alpha value is -3.00. The first-order chi connectivity index (χ1) is 12.6. The zero-order chi connectivity index (χ0) is 18.9. The molecule has 0 aliphatic rings. The van der Waals surface area contributed by atoms with Gasteiger partial charge in [0.15, 0.2) is 11.5 Å². The quantitative estimate of drug-likeness (QED) is 0.662. The summed E-state index contributed by atoms with van der Waals surface area (Å²) >= 11 is 0. The number of carbonyl (C=O) groups excluding carboxylic acids is 1. The van der Waals surface area contributed by atoms with Crippen LogP contribution in [0, 0.1) is 0 Å². The van der Waals surface area contributed by atoms with Crippen molar-refractivity contribution in [2.75, 3.05) is 46.9 Å². The number of nitrogens with zero attached hydrogens (tertiary/aromatic N) is 1. The maximum Gasteiger partial charge on any atom is 0.270 e. The minimum Gasteiger partial charge on any atom is -0.493 e. The van der Waals surface area contributed by atoms with Crippen molar-refractivity contribution in [2.45, 2.75) is 0 Å². The first kappa shape index (κ1) is 19.3. The SMILES string of the molecule is COCCNC(=O)c1cc(Nc2cc(OC)c(OC)c(OC)c2)ccn1. The summed E-state index contributed by atoms with van der Waals surface area (Å²) in [6, 6.07) is 6.97. The molecule has 1 aromatic heterocycles. The van der Waals surface area contributed by atoms with Gasteiger partial charge in [-0.1, -0.05) is 0 Å². The van der Waals surface area contributed by atoms with E-state index in [0.717, 1.165) is 5.69 Å². The summed E-state index contributed by atoms with van der Waals surface area (Å²) in [5.74, 6) is 1.30. The third-order valence-electron chi connectivity index (χ3n) is 3.54. The second kappa shape index (κ2) is 9.47. The molecule has 0 bridgehead atoms. The van der Waals surface area contributed by atoms with Crippen LogP contribution >= 0.6 is 0 Å². The molecular formula is C18H23N3O5. The minimum atomic E-state index is -0.268. The van der Waals surface area contributed by atoms with Gasteiger partial charge in [-0.25, -0.2) is 0 Å². The molecular weight excluding hydrogens is 338 g/mol. The average Bonchev–Trinajstić information content (AvgIpc) is 2.67. The predicted molar refractivity (Wildman–Crippen MR) is 97.8 cm³/mol. The third-order valence-corrected chi connectivity index (χ3v) is 3.54. The summed E-state index contributed by atoms with van der Waals surface area (Å²) in [6.45, 7) is 0.858. The van der Waals surface area contributed by atoms with Crippen molar-refractivity contribution in [3.05, 3.63) is 36.2 Å². The topological polar surface area (TPSA) is 90.9 Å². The lowest BCUT2D eigenvalue weighted by Crippen LogP contribution is -2.27. The summed E-state index contributed by atoms with van der Waals surface area (Å²) in [4.78, 5) is 16.2. The number of nitrogens with one attached hydrogen (secondary N) is 2. The lowest BCUT2D eigenvalue weighted by Gasteiger charge is -2.15. The van der Waals surface area contributed by atoms with Crippen LogP contribution in [0.15, 0.2) is 30.5 Å². The number of hydrogen-bond donors (Lipinski definition) is 2. The fourth-order valence-corrected chi connectivity index (χ4v) is 2.31. The van der Waals surface area contributed by atoms with E-state index in [-0.39, 0.29) is 5.91 Å². The summed E-state index contributed by atoms with van der Waals surface area (Å²) in [5, 5.41) is 5.94. The molecule has 0 aliphatic carbocycles. The van der Waals surface area contributed by atoms with Gasteiger partial charge in [0.1, 0.15) is 5.69 Å². The standard InChI is InChI=1S/C18H23N3O5/c1-23-8-7-20-18(22)14-9-12(5-6-19-14)21-13-10-15(24-2)17(26-4)16(11-13)25-3/h5-6,9-11H,7-8H2,1-4H3,(H,19,21)(H,20,22). The molecule has 0 saturated carbocycles. The van der Waals surface area contributed by atoms with Gasteiger partial charge < -0.3 is 29.6 Å². The number of hydrogen-bond acceptors (Lipinski definition) is 7. The van der Waals surface area contributed by atoms with Crippen LogP contribution in [0.1, 0.15) is 10.5 Å². The number of benzene rings is 1. The molecule has 1 aromatic carbocycles. The molecule has 2 N–H and O–H groups in total. The number of aromatic nitrogens is 1. The van der Waals surface area contributed by atoms with Crippen molar-refractivity contribution in [2.24, 2.45) is 0 Å². The Kier molecular flexibility index (Phi) is 7.04. The normalized spacial score (nSPS) is 10.2. The van der Waals surface area contributed by atoms with Crippen molar-refractivity contribution in [1.82, 2.24) is 10.3 Å². The Bertz CT molecular complexity index is 726. The zero-order valence-electron chi connectivity index (χ0n) is 15.3. The molecule has 0 saturated heterocycles. The molecule has 1 amide bonds. The molecule has 8 nitrogen and oxygen atoms in total. The number of anilines is 2. The molecule has 8 heteroatoms. The smallest absolute Gasteiger partial charge is 0.270 e. The highest BCUT2D eigenvalue weighted by molar-refractivity contribution is 5.93. The van der Waals surface area contributed by atoms with Crippen LogP contribution in [0.4, 0.5) is 11.4 Å². The molecule has 2 rings (SSSR count). The zero-order valence-corrected chi connectivity index (χ0v) is 15.3. The summed E-state index contributed by atoms with van der Waals surface area (Å²) in [6.07, 6.45) is 1.56. The molecule has 0 unspecified atom stereocenters. The van der Waals surface area contributed by atoms with Gasteiger partial charge in [0.2, 0.25) is 5.75 Å². The highest BCUT2D eigenvalue weighted by Crippen LogP contribution is 2.40. The van der Waals surface area contributed by atoms with Crippen LogP contribution in [0.2, 0.25) is 0 Å². The van der Waals surface area contributed by atoms with Crippen LogP contribution in [-0.4, -0.2) is 52.5 Å². The first-order valence-electron chi connectivity index (χ1n) is 7.93. The van der Waals surface area contributed by atoms with Gasteiger partial charge in [-0.2, -0.15) is 0 Å². The lowest BCUT2D eigenvalue weighted by molar-refractivity contribution is 0.0932. The second-order valence-corrected chi connectivity index (χ2v) is 5.22. The van der Waals surface area contributed by atoms with Crippen LogP contribution < -0.4 is 24.8 Å². The monoisotopic (exact) mass is 361 g/mol. The number of amides is 1. The maximum atomic E-state index is 12.1. The van der Waals surface area contributed by atoms with E-state index in [1.807, 2.05) is 0 Å². The number of carbonyl (C=O) groups is 1. The van der Waals surface area contributed by atoms with Crippen LogP contribution in [0.25, 0.3) is 0 Å². The Balaban J connectivity index is 2.21. The van der Waals surface area contributed by atoms with Gasteiger partial charge in [-0.15, -0.1) is 0 Å². The van der Waals surface area contributed by atoms with Gasteiger partial charge in [-0.05, 0) is 12.1 Å². The molecule has 0 aliphatic heterocycles. The summed E-state index contributed by atoms with van der Waals surface area (Å²) in [7, 11) is 6.23. The van der Waals surface area contributed by atoms with E-state index in [1.54, 1.807) is 58.9 Å². The average molecular weight is 361 g/mol. The Morgan fingerprint density at radius 2 is 1.69 bits per heavy atom. The Morgan fingerprint density at radius 3 is 2.27 bits per heavy atom. The van der Waals surface area contributed by atoms with Gasteiger partial charge >= 0.3 is 0 Å². The molecule has 0 fully saturated rings.